The van der Waals surface area contributed by atoms with Crippen LogP contribution in [0.2, 0.25) is 0 Å². The maximum atomic E-state index is 14.5. The molecule has 12 atom stereocenters. The number of rotatable bonds is 6. The maximum Gasteiger partial charge on any atom is 0.338 e. The van der Waals surface area contributed by atoms with E-state index in [-0.39, 0.29) is 60.0 Å². The van der Waals surface area contributed by atoms with Crippen LogP contribution < -0.4 is 0 Å². The number of Topliss-reactive ketones (excluding diaryl/α,β-unsaturated/α-hetero) is 1. The average Bonchev–Trinajstić information content (AvgIpc) is 3.98. The van der Waals surface area contributed by atoms with E-state index in [9.17, 15) is 34.2 Å². The van der Waals surface area contributed by atoms with E-state index in [0.717, 1.165) is 17.6 Å². The summed E-state index contributed by atoms with van der Waals surface area (Å²) in [5, 5.41) is 24.4. The second kappa shape index (κ2) is 10.0. The van der Waals surface area contributed by atoms with Gasteiger partial charge in [0.05, 0.1) is 18.6 Å². The summed E-state index contributed by atoms with van der Waals surface area (Å²) >= 11 is 0. The molecule has 5 saturated carbocycles. The summed E-state index contributed by atoms with van der Waals surface area (Å²) in [6, 6.07) is 0. The van der Waals surface area contributed by atoms with Crippen LogP contribution in [0.25, 0.3) is 0 Å². The first kappa shape index (κ1) is 32.6. The molecule has 5 fully saturated rings. The third-order valence-electron chi connectivity index (χ3n) is 14.6. The minimum absolute atomic E-state index is 0.0209. The summed E-state index contributed by atoms with van der Waals surface area (Å²) in [5.74, 6) is -4.77. The Labute approximate surface area is 284 Å². The standard InChI is InChI=1S/C38H44O11/c1-8-15(2)32(42)48-14-37(45)24-11-23(24)35(5)25(37)12-22-20(13-47-17(4)39)34(44)49-38(22)26(35)10-19-18-9-21(18)36(6)28(19)29(38)27(30(40)31(36)41)16(3)33(43)46-7/h8,18,21,23-26,29,31,41,45H,9-14H2,1-7H3/t18-,21-,23-,24+,25-,26+,29+,31+,35+,36+,37+,38+/m1/s1. The quantitative estimate of drug-likeness (QED) is 0.184. The SMILES string of the molecule is CC=C(C)C(=O)OC[C@]1(O)[C@H]2C[C@H]2[C@]2(C)[C@@H]3CC4=C5[C@H](C(=C(C)C(=O)OC)C(=O)[C@H](O)[C@@]5(C)[C@@H]5C[C@H]45)[C@@]34OC(=O)C(COC(C)=O)=C4C[C@@H]12. The number of methoxy groups -OCH3 is 1. The molecule has 11 nitrogen and oxygen atoms in total. The molecule has 0 aromatic rings. The lowest BCUT2D eigenvalue weighted by molar-refractivity contribution is -0.191. The van der Waals surface area contributed by atoms with Crippen LogP contribution >= 0.6 is 0 Å². The van der Waals surface area contributed by atoms with Gasteiger partial charge in [0.2, 0.25) is 0 Å². The Balaban J connectivity index is 1.37. The average molecular weight is 677 g/mol. The van der Waals surface area contributed by atoms with Gasteiger partial charge in [0.1, 0.15) is 30.5 Å². The number of aliphatic hydroxyl groups is 2. The van der Waals surface area contributed by atoms with E-state index in [2.05, 4.69) is 6.92 Å². The molecule has 7 aliphatic carbocycles. The third-order valence-corrected chi connectivity index (χ3v) is 14.6. The molecule has 49 heavy (non-hydrogen) atoms. The normalized spacial score (nSPS) is 46.1. The van der Waals surface area contributed by atoms with Gasteiger partial charge in [-0.05, 0) is 86.7 Å². The Kier molecular flexibility index (Phi) is 6.67. The number of carbonyl (C=O) groups is 5. The van der Waals surface area contributed by atoms with Crippen LogP contribution in [-0.2, 0) is 42.9 Å². The van der Waals surface area contributed by atoms with Crippen LogP contribution in [0.15, 0.2) is 45.1 Å². The van der Waals surface area contributed by atoms with Crippen LogP contribution in [0.3, 0.4) is 0 Å². The van der Waals surface area contributed by atoms with Crippen molar-refractivity contribution in [1.29, 1.82) is 0 Å². The Morgan fingerprint density at radius 1 is 0.980 bits per heavy atom. The Bertz CT molecular complexity index is 1800. The molecule has 0 saturated heterocycles. The van der Waals surface area contributed by atoms with E-state index in [4.69, 9.17) is 18.9 Å². The summed E-state index contributed by atoms with van der Waals surface area (Å²) in [4.78, 5) is 66.8. The summed E-state index contributed by atoms with van der Waals surface area (Å²) in [5.41, 5.74) is -1.10. The molecule has 1 spiro atoms. The zero-order valence-corrected chi connectivity index (χ0v) is 29.0. The Hall–Kier alpha value is -3.57. The number of carbonyl (C=O) groups excluding carboxylic acids is 5. The molecular formula is C38H44O11. The smallest absolute Gasteiger partial charge is 0.338 e. The highest BCUT2D eigenvalue weighted by Gasteiger charge is 2.84. The van der Waals surface area contributed by atoms with Crippen LogP contribution in [0.1, 0.15) is 67.2 Å². The van der Waals surface area contributed by atoms with E-state index >= 15 is 0 Å². The number of hydrogen-bond donors (Lipinski definition) is 2. The van der Waals surface area contributed by atoms with Gasteiger partial charge in [0.25, 0.3) is 0 Å². The van der Waals surface area contributed by atoms with Gasteiger partial charge in [-0.2, -0.15) is 0 Å². The monoisotopic (exact) mass is 676 g/mol. The third kappa shape index (κ3) is 3.73. The fourth-order valence-electron chi connectivity index (χ4n) is 12.1. The summed E-state index contributed by atoms with van der Waals surface area (Å²) in [6.45, 7) is 9.67. The number of ether oxygens (including phenoxy) is 4. The molecule has 262 valence electrons. The van der Waals surface area contributed by atoms with E-state index in [1.54, 1.807) is 19.9 Å². The molecule has 0 aromatic carbocycles. The molecule has 2 N–H and O–H groups in total. The van der Waals surface area contributed by atoms with Crippen molar-refractivity contribution in [3.63, 3.8) is 0 Å². The summed E-state index contributed by atoms with van der Waals surface area (Å²) < 4.78 is 23.0. The first-order chi connectivity index (χ1) is 23.0. The molecule has 0 radical (unpaired) electrons. The van der Waals surface area contributed by atoms with E-state index < -0.39 is 75.6 Å². The highest BCUT2D eigenvalue weighted by atomic mass is 16.6. The number of allylic oxidation sites excluding steroid dienone is 2. The van der Waals surface area contributed by atoms with Crippen molar-refractivity contribution in [2.24, 2.45) is 52.3 Å². The predicted molar refractivity (Wildman–Crippen MR) is 170 cm³/mol. The Morgan fingerprint density at radius 3 is 2.35 bits per heavy atom. The molecule has 1 aliphatic heterocycles. The lowest BCUT2D eigenvalue weighted by Crippen LogP contribution is -2.67. The topological polar surface area (TPSA) is 163 Å². The molecule has 0 bridgehead atoms. The maximum absolute atomic E-state index is 14.5. The van der Waals surface area contributed by atoms with E-state index in [0.29, 0.717) is 24.0 Å². The van der Waals surface area contributed by atoms with Gasteiger partial charge in [0.15, 0.2) is 5.78 Å². The highest BCUT2D eigenvalue weighted by Crippen LogP contribution is 2.83. The molecule has 8 rings (SSSR count). The molecule has 0 unspecified atom stereocenters. The van der Waals surface area contributed by atoms with Crippen molar-refractivity contribution in [3.8, 4) is 0 Å². The molecule has 11 heteroatoms. The number of hydrogen-bond acceptors (Lipinski definition) is 11. The van der Waals surface area contributed by atoms with Crippen molar-refractivity contribution < 1.29 is 53.1 Å². The molecule has 1 heterocycles. The molecule has 8 aliphatic rings. The van der Waals surface area contributed by atoms with Crippen molar-refractivity contribution in [2.75, 3.05) is 20.3 Å². The van der Waals surface area contributed by atoms with Gasteiger partial charge in [-0.3, -0.25) is 9.59 Å². The predicted octanol–water partition coefficient (Wildman–Crippen LogP) is 3.08. The van der Waals surface area contributed by atoms with Gasteiger partial charge in [-0.25, -0.2) is 14.4 Å². The summed E-state index contributed by atoms with van der Waals surface area (Å²) in [6.07, 6.45) is 2.50. The fraction of sp³-hybridized carbons (Fsp3) is 0.658. The van der Waals surface area contributed by atoms with Gasteiger partial charge in [0, 0.05) is 40.9 Å². The van der Waals surface area contributed by atoms with E-state index in [1.165, 1.54) is 21.0 Å². The zero-order chi connectivity index (χ0) is 35.3. The molecule has 0 amide bonds. The lowest BCUT2D eigenvalue weighted by Gasteiger charge is -2.63. The minimum Gasteiger partial charge on any atom is -0.466 e. The van der Waals surface area contributed by atoms with Crippen LogP contribution in [-0.4, -0.2) is 77.5 Å². The summed E-state index contributed by atoms with van der Waals surface area (Å²) in [7, 11) is 1.24. The van der Waals surface area contributed by atoms with Crippen molar-refractivity contribution in [3.05, 3.63) is 45.1 Å². The number of fused-ring (bicyclic) bond motifs is 7. The fourth-order valence-corrected chi connectivity index (χ4v) is 12.1. The van der Waals surface area contributed by atoms with Crippen LogP contribution in [0, 0.1) is 52.3 Å². The highest BCUT2D eigenvalue weighted by molar-refractivity contribution is 6.09. The van der Waals surface area contributed by atoms with E-state index in [1.807, 2.05) is 6.92 Å². The minimum atomic E-state index is -1.44. The largest absolute Gasteiger partial charge is 0.466 e. The molecule has 0 aromatic heterocycles. The molecular weight excluding hydrogens is 632 g/mol. The first-order valence-corrected chi connectivity index (χ1v) is 17.4. The van der Waals surface area contributed by atoms with Gasteiger partial charge >= 0.3 is 23.9 Å². The van der Waals surface area contributed by atoms with Gasteiger partial charge in [-0.15, -0.1) is 0 Å². The second-order valence-electron chi connectivity index (χ2n) is 16.2. The zero-order valence-electron chi connectivity index (χ0n) is 29.0. The Morgan fingerprint density at radius 2 is 1.69 bits per heavy atom. The number of aliphatic hydroxyl groups excluding tert-OH is 1. The number of esters is 4. The lowest BCUT2D eigenvalue weighted by atomic mass is 9.42. The van der Waals surface area contributed by atoms with Crippen molar-refractivity contribution >= 4 is 29.7 Å². The van der Waals surface area contributed by atoms with Gasteiger partial charge < -0.3 is 29.2 Å². The van der Waals surface area contributed by atoms with Crippen molar-refractivity contribution in [1.82, 2.24) is 0 Å². The van der Waals surface area contributed by atoms with Crippen molar-refractivity contribution in [2.45, 2.75) is 84.5 Å². The second-order valence-corrected chi connectivity index (χ2v) is 16.2. The van der Waals surface area contributed by atoms with Crippen LogP contribution in [0.5, 0.6) is 0 Å². The first-order valence-electron chi connectivity index (χ1n) is 17.4. The van der Waals surface area contributed by atoms with Crippen LogP contribution in [0.4, 0.5) is 0 Å². The number of ketones is 1. The van der Waals surface area contributed by atoms with Gasteiger partial charge in [-0.1, -0.05) is 25.5 Å².